The van der Waals surface area contributed by atoms with Gasteiger partial charge in [-0.05, 0) is 22.1 Å². The minimum Gasteiger partial charge on any atom is -0.545 e. The van der Waals surface area contributed by atoms with Gasteiger partial charge in [-0.1, -0.05) is 18.2 Å². The van der Waals surface area contributed by atoms with E-state index in [4.69, 9.17) is 0 Å². The van der Waals surface area contributed by atoms with Gasteiger partial charge in [0.25, 0.3) is 0 Å². The lowest BCUT2D eigenvalue weighted by molar-refractivity contribution is -0.389. The Bertz CT molecular complexity index is 606. The third kappa shape index (κ3) is 2.51. The van der Waals surface area contributed by atoms with Crippen molar-refractivity contribution < 1.29 is 14.8 Å². The standard InChI is InChI=1S/C11H9N3O4/c15-11(16)9-3-1-2-8(6-9)7-13-5-4-10(12-13)14(17)18/h1-6H,7H2,(H,15,16)/p-1. The fourth-order valence-electron chi connectivity index (χ4n) is 1.52. The number of rotatable bonds is 4. The zero-order chi connectivity index (χ0) is 13.1. The van der Waals surface area contributed by atoms with E-state index in [0.717, 1.165) is 0 Å². The van der Waals surface area contributed by atoms with Crippen LogP contribution < -0.4 is 5.11 Å². The molecule has 2 aromatic rings. The van der Waals surface area contributed by atoms with Crippen LogP contribution in [0.3, 0.4) is 0 Å². The summed E-state index contributed by atoms with van der Waals surface area (Å²) < 4.78 is 1.37. The number of carbonyl (C=O) groups is 1. The van der Waals surface area contributed by atoms with Gasteiger partial charge in [0.1, 0.15) is 0 Å². The third-order valence-electron chi connectivity index (χ3n) is 2.32. The number of nitrogens with zero attached hydrogens (tertiary/aromatic N) is 3. The molecule has 0 bridgehead atoms. The van der Waals surface area contributed by atoms with Gasteiger partial charge in [0.05, 0.1) is 29.9 Å². The van der Waals surface area contributed by atoms with Crippen molar-refractivity contribution in [1.29, 1.82) is 0 Å². The number of nitro groups is 1. The molecule has 0 radical (unpaired) electrons. The summed E-state index contributed by atoms with van der Waals surface area (Å²) in [5, 5.41) is 24.9. The van der Waals surface area contributed by atoms with E-state index < -0.39 is 10.9 Å². The minimum absolute atomic E-state index is 0.0640. The van der Waals surface area contributed by atoms with Crippen molar-refractivity contribution in [3.63, 3.8) is 0 Å². The number of hydrogen-bond acceptors (Lipinski definition) is 5. The molecule has 7 nitrogen and oxygen atoms in total. The highest BCUT2D eigenvalue weighted by molar-refractivity contribution is 5.85. The van der Waals surface area contributed by atoms with Gasteiger partial charge in [0.2, 0.25) is 0 Å². The monoisotopic (exact) mass is 246 g/mol. The highest BCUT2D eigenvalue weighted by Crippen LogP contribution is 2.09. The van der Waals surface area contributed by atoms with E-state index in [1.807, 2.05) is 0 Å². The van der Waals surface area contributed by atoms with E-state index in [-0.39, 0.29) is 17.9 Å². The molecule has 0 aliphatic rings. The van der Waals surface area contributed by atoms with Crippen LogP contribution in [0.15, 0.2) is 36.5 Å². The minimum atomic E-state index is -1.26. The van der Waals surface area contributed by atoms with E-state index in [9.17, 15) is 20.0 Å². The van der Waals surface area contributed by atoms with Gasteiger partial charge in [-0.25, -0.2) is 0 Å². The average molecular weight is 246 g/mol. The number of hydrogen-bond donors (Lipinski definition) is 0. The molecular weight excluding hydrogens is 238 g/mol. The first-order valence-corrected chi connectivity index (χ1v) is 5.04. The summed E-state index contributed by atoms with van der Waals surface area (Å²) >= 11 is 0. The van der Waals surface area contributed by atoms with Crippen molar-refractivity contribution in [2.24, 2.45) is 0 Å². The van der Waals surface area contributed by atoms with Crippen LogP contribution in [0, 0.1) is 10.1 Å². The quantitative estimate of drug-likeness (QED) is 0.566. The third-order valence-corrected chi connectivity index (χ3v) is 2.32. The molecule has 0 N–H and O–H groups in total. The highest BCUT2D eigenvalue weighted by atomic mass is 16.6. The molecule has 0 amide bonds. The maximum absolute atomic E-state index is 10.7. The lowest BCUT2D eigenvalue weighted by atomic mass is 10.1. The zero-order valence-corrected chi connectivity index (χ0v) is 9.15. The van der Waals surface area contributed by atoms with E-state index in [0.29, 0.717) is 5.56 Å². The van der Waals surface area contributed by atoms with Gasteiger partial charge in [-0.15, -0.1) is 0 Å². The van der Waals surface area contributed by atoms with Crippen LogP contribution in [0.4, 0.5) is 5.82 Å². The second-order valence-electron chi connectivity index (χ2n) is 3.62. The Labute approximate surface area is 101 Å². The second kappa shape index (κ2) is 4.66. The van der Waals surface area contributed by atoms with Gasteiger partial charge in [0.15, 0.2) is 0 Å². The summed E-state index contributed by atoms with van der Waals surface area (Å²) in [4.78, 5) is 20.5. The SMILES string of the molecule is O=C([O-])c1cccc(Cn2ccc([N+](=O)[O-])n2)c1. The normalized spacial score (nSPS) is 10.2. The summed E-state index contributed by atoms with van der Waals surface area (Å²) in [6.07, 6.45) is 1.46. The maximum Gasteiger partial charge on any atom is 0.389 e. The van der Waals surface area contributed by atoms with Crippen molar-refractivity contribution in [2.45, 2.75) is 6.54 Å². The summed E-state index contributed by atoms with van der Waals surface area (Å²) in [5.74, 6) is -1.51. The Balaban J connectivity index is 2.20. The van der Waals surface area contributed by atoms with Crippen molar-refractivity contribution in [1.82, 2.24) is 9.78 Å². The number of carbonyl (C=O) groups excluding carboxylic acids is 1. The molecule has 1 aromatic carbocycles. The molecule has 0 saturated heterocycles. The molecule has 0 aliphatic carbocycles. The van der Waals surface area contributed by atoms with Gasteiger partial charge in [-0.3, -0.25) is 0 Å². The van der Waals surface area contributed by atoms with Gasteiger partial charge >= 0.3 is 5.82 Å². The number of benzene rings is 1. The molecule has 0 spiro atoms. The van der Waals surface area contributed by atoms with Gasteiger partial charge in [0, 0.05) is 0 Å². The number of carboxylic acids is 1. The molecule has 92 valence electrons. The average Bonchev–Trinajstić information content (AvgIpc) is 2.78. The highest BCUT2D eigenvalue weighted by Gasteiger charge is 2.10. The molecule has 18 heavy (non-hydrogen) atoms. The largest absolute Gasteiger partial charge is 0.545 e. The molecule has 0 aliphatic heterocycles. The lowest BCUT2D eigenvalue weighted by Crippen LogP contribution is -2.22. The van der Waals surface area contributed by atoms with E-state index in [2.05, 4.69) is 5.10 Å². The van der Waals surface area contributed by atoms with Crippen LogP contribution in [0.25, 0.3) is 0 Å². The van der Waals surface area contributed by atoms with E-state index in [1.54, 1.807) is 12.1 Å². The summed E-state index contributed by atoms with van der Waals surface area (Å²) in [7, 11) is 0. The van der Waals surface area contributed by atoms with E-state index in [1.165, 1.54) is 29.1 Å². The van der Waals surface area contributed by atoms with Gasteiger partial charge < -0.3 is 20.0 Å². The maximum atomic E-state index is 10.7. The molecular formula is C11H8N3O4-. The Kier molecular flexibility index (Phi) is 3.05. The van der Waals surface area contributed by atoms with Crippen LogP contribution in [0.2, 0.25) is 0 Å². The van der Waals surface area contributed by atoms with Crippen molar-refractivity contribution in [3.05, 3.63) is 57.8 Å². The van der Waals surface area contributed by atoms with Crippen LogP contribution in [0.1, 0.15) is 15.9 Å². The molecule has 0 saturated carbocycles. The molecule has 1 heterocycles. The Hall–Kier alpha value is -2.70. The lowest BCUT2D eigenvalue weighted by Gasteiger charge is -2.04. The molecule has 1 aromatic heterocycles. The summed E-state index contributed by atoms with van der Waals surface area (Å²) in [5.41, 5.74) is 0.740. The first-order chi connectivity index (χ1) is 8.56. The van der Waals surface area contributed by atoms with Crippen LogP contribution in [-0.4, -0.2) is 20.7 Å². The number of aromatic nitrogens is 2. The molecule has 0 unspecified atom stereocenters. The smallest absolute Gasteiger partial charge is 0.389 e. The fraction of sp³-hybridized carbons (Fsp3) is 0.0909. The first-order valence-electron chi connectivity index (χ1n) is 5.04. The van der Waals surface area contributed by atoms with Crippen molar-refractivity contribution >= 4 is 11.8 Å². The fourth-order valence-corrected chi connectivity index (χ4v) is 1.52. The molecule has 7 heteroatoms. The Morgan fingerprint density at radius 3 is 2.78 bits per heavy atom. The predicted molar refractivity (Wildman–Crippen MR) is 58.8 cm³/mol. The molecule has 0 atom stereocenters. The van der Waals surface area contributed by atoms with Crippen LogP contribution >= 0.6 is 0 Å². The Morgan fingerprint density at radius 2 is 2.17 bits per heavy atom. The Morgan fingerprint density at radius 1 is 1.39 bits per heavy atom. The summed E-state index contributed by atoms with van der Waals surface area (Å²) in [6, 6.07) is 7.44. The topological polar surface area (TPSA) is 101 Å². The van der Waals surface area contributed by atoms with Gasteiger partial charge in [-0.2, -0.15) is 4.68 Å². The van der Waals surface area contributed by atoms with Crippen molar-refractivity contribution in [3.8, 4) is 0 Å². The predicted octanol–water partition coefficient (Wildman–Crippen LogP) is 0.203. The number of aromatic carboxylic acids is 1. The van der Waals surface area contributed by atoms with Crippen molar-refractivity contribution in [2.75, 3.05) is 0 Å². The summed E-state index contributed by atoms with van der Waals surface area (Å²) in [6.45, 7) is 0.259. The van der Waals surface area contributed by atoms with Crippen LogP contribution in [-0.2, 0) is 6.54 Å². The second-order valence-corrected chi connectivity index (χ2v) is 3.62. The zero-order valence-electron chi connectivity index (χ0n) is 9.15. The van der Waals surface area contributed by atoms with Crippen LogP contribution in [0.5, 0.6) is 0 Å². The number of carboxylic acid groups (broad SMARTS) is 1. The molecule has 0 fully saturated rings. The molecule has 2 rings (SSSR count). The van der Waals surface area contributed by atoms with E-state index >= 15 is 0 Å². The first kappa shape index (κ1) is 11.8.